The van der Waals surface area contributed by atoms with Crippen LogP contribution in [0, 0.1) is 0 Å². The van der Waals surface area contributed by atoms with Gasteiger partial charge in [0.05, 0.1) is 0 Å². The summed E-state index contributed by atoms with van der Waals surface area (Å²) < 4.78 is 0. The molecule has 0 N–H and O–H groups in total. The van der Waals surface area contributed by atoms with Crippen LogP contribution in [0.5, 0.6) is 0 Å². The zero-order valence-electron chi connectivity index (χ0n) is 15.9. The van der Waals surface area contributed by atoms with Crippen molar-refractivity contribution >= 4 is 28.0 Å². The molecule has 0 aliphatic rings. The second-order valence-corrected chi connectivity index (χ2v) is 12.3. The van der Waals surface area contributed by atoms with Gasteiger partial charge in [0, 0.05) is 0 Å². The summed E-state index contributed by atoms with van der Waals surface area (Å²) >= 11 is 0. The van der Waals surface area contributed by atoms with Crippen molar-refractivity contribution in [3.05, 3.63) is 127 Å². The second-order valence-electron chi connectivity index (χ2n) is 7.24. The van der Waals surface area contributed by atoms with Crippen LogP contribution in [0.3, 0.4) is 0 Å². The molecule has 4 aromatic rings. The van der Waals surface area contributed by atoms with Crippen LogP contribution in [-0.2, 0) is 0 Å². The molecule has 0 aliphatic carbocycles. The summed E-state index contributed by atoms with van der Waals surface area (Å²) in [5, 5.41) is 3.25. The van der Waals surface area contributed by atoms with Gasteiger partial charge >= 0.3 is 166 Å². The maximum atomic E-state index is 14.4. The van der Waals surface area contributed by atoms with Gasteiger partial charge in [0.1, 0.15) is 0 Å². The molecule has 0 aliphatic heterocycles. The molecule has 0 saturated carbocycles. The van der Waals surface area contributed by atoms with E-state index in [0.29, 0.717) is 0 Å². The maximum absolute atomic E-state index is 14.4. The molecular formula is C26H23OP. The Morgan fingerprint density at radius 3 is 1.11 bits per heavy atom. The van der Waals surface area contributed by atoms with Crippen molar-refractivity contribution in [2.75, 3.05) is 6.66 Å². The van der Waals surface area contributed by atoms with E-state index < -0.39 is 6.60 Å². The fourth-order valence-corrected chi connectivity index (χ4v) is 9.25. The van der Waals surface area contributed by atoms with E-state index in [1.807, 2.05) is 84.9 Å². The average molecular weight is 382 g/mol. The second kappa shape index (κ2) is 7.19. The molecule has 0 atom stereocenters. The number of benzene rings is 4. The van der Waals surface area contributed by atoms with Gasteiger partial charge in [-0.1, -0.05) is 0 Å². The molecule has 2 heteroatoms. The zero-order chi connectivity index (χ0) is 19.5. The fraction of sp³-hybridized carbons (Fsp3) is 0.0385. The van der Waals surface area contributed by atoms with Crippen molar-refractivity contribution in [3.8, 4) is 0 Å². The molecule has 0 radical (unpaired) electrons. The van der Waals surface area contributed by atoms with Crippen molar-refractivity contribution in [3.63, 3.8) is 0 Å². The van der Waals surface area contributed by atoms with E-state index in [2.05, 4.69) is 43.1 Å². The first-order valence-electron chi connectivity index (χ1n) is 9.44. The minimum atomic E-state index is -3.43. The molecule has 0 spiro atoms. The summed E-state index contributed by atoms with van der Waals surface area (Å²) in [7, 11) is 0. The normalized spacial score (nSPS) is 12.7. The number of carbonyl (C=O) groups is 1. The summed E-state index contributed by atoms with van der Waals surface area (Å²) in [6.45, 7) is -1.23. The van der Waals surface area contributed by atoms with Crippen LogP contribution in [0.15, 0.2) is 121 Å². The van der Waals surface area contributed by atoms with Crippen LogP contribution in [0.4, 0.5) is 0 Å². The first kappa shape index (κ1) is 18.3. The van der Waals surface area contributed by atoms with Gasteiger partial charge in [0.15, 0.2) is 0 Å². The van der Waals surface area contributed by atoms with Gasteiger partial charge < -0.3 is 0 Å². The van der Waals surface area contributed by atoms with Crippen molar-refractivity contribution in [1.82, 2.24) is 0 Å². The van der Waals surface area contributed by atoms with Crippen molar-refractivity contribution < 1.29 is 4.79 Å². The monoisotopic (exact) mass is 382 g/mol. The number of hydrogen-bond acceptors (Lipinski definition) is 1. The third-order valence-corrected chi connectivity index (χ3v) is 11.8. The molecule has 0 amide bonds. The first-order chi connectivity index (χ1) is 13.7. The Morgan fingerprint density at radius 2 is 0.786 bits per heavy atom. The zero-order valence-corrected chi connectivity index (χ0v) is 16.8. The van der Waals surface area contributed by atoms with E-state index >= 15 is 0 Å². The van der Waals surface area contributed by atoms with Crippen LogP contribution in [0.1, 0.15) is 10.4 Å². The number of hydrogen-bond donors (Lipinski definition) is 0. The molecule has 0 aromatic heterocycles. The fourth-order valence-electron chi connectivity index (χ4n) is 4.10. The van der Waals surface area contributed by atoms with Gasteiger partial charge in [0.2, 0.25) is 0 Å². The summed E-state index contributed by atoms with van der Waals surface area (Å²) in [6, 6.07) is 40.6. The van der Waals surface area contributed by atoms with Gasteiger partial charge in [-0.2, -0.15) is 0 Å². The molecule has 0 saturated heterocycles. The van der Waals surface area contributed by atoms with Crippen LogP contribution in [-0.4, -0.2) is 12.2 Å². The van der Waals surface area contributed by atoms with E-state index in [4.69, 9.17) is 0 Å². The van der Waals surface area contributed by atoms with Crippen LogP contribution >= 0.6 is 6.60 Å². The van der Waals surface area contributed by atoms with E-state index in [1.54, 1.807) is 0 Å². The van der Waals surface area contributed by atoms with Gasteiger partial charge in [-0.05, 0) is 0 Å². The van der Waals surface area contributed by atoms with Gasteiger partial charge in [0.25, 0.3) is 0 Å². The molecule has 1 nitrogen and oxygen atoms in total. The quantitative estimate of drug-likeness (QED) is 0.445. The molecule has 0 unspecified atom stereocenters. The minimum absolute atomic E-state index is 0.190. The van der Waals surface area contributed by atoms with Crippen molar-refractivity contribution in [1.29, 1.82) is 0 Å². The topological polar surface area (TPSA) is 17.1 Å². The molecule has 4 rings (SSSR count). The number of carbonyl (C=O) groups excluding carboxylic acids is 1. The van der Waals surface area contributed by atoms with Crippen molar-refractivity contribution in [2.45, 2.75) is 0 Å². The Labute approximate surface area is 166 Å². The van der Waals surface area contributed by atoms with E-state index in [1.165, 1.54) is 0 Å². The molecule has 4 aromatic carbocycles. The average Bonchev–Trinajstić information content (AvgIpc) is 2.80. The van der Waals surface area contributed by atoms with Gasteiger partial charge in [-0.3, -0.25) is 0 Å². The van der Waals surface area contributed by atoms with Gasteiger partial charge in [-0.25, -0.2) is 0 Å². The van der Waals surface area contributed by atoms with Gasteiger partial charge in [-0.15, -0.1) is 0 Å². The SMILES string of the molecule is CP(C(=O)c1ccccc1)(c1ccccc1)(c1ccccc1)c1ccccc1. The molecule has 0 fully saturated rings. The Bertz CT molecular complexity index is 975. The first-order valence-corrected chi connectivity index (χ1v) is 12.1. The molecule has 0 bridgehead atoms. The standard InChI is InChI=1S/C26H23OP/c1-28(23-16-8-3-9-17-23,24-18-10-4-11-19-24,25-20-12-5-13-21-25)26(27)22-14-6-2-7-15-22/h2-21H,1H3. The van der Waals surface area contributed by atoms with E-state index in [0.717, 1.165) is 21.5 Å². The van der Waals surface area contributed by atoms with E-state index in [-0.39, 0.29) is 5.52 Å². The van der Waals surface area contributed by atoms with Crippen molar-refractivity contribution in [2.24, 2.45) is 0 Å². The summed E-state index contributed by atoms with van der Waals surface area (Å²) in [5.74, 6) is 0. The van der Waals surface area contributed by atoms with Crippen LogP contribution < -0.4 is 15.9 Å². The third kappa shape index (κ3) is 2.63. The molecular weight excluding hydrogens is 359 g/mol. The molecule has 138 valence electrons. The summed E-state index contributed by atoms with van der Waals surface area (Å²) in [4.78, 5) is 14.4. The Morgan fingerprint density at radius 1 is 0.500 bits per heavy atom. The van der Waals surface area contributed by atoms with Crippen LogP contribution in [0.25, 0.3) is 0 Å². The van der Waals surface area contributed by atoms with E-state index in [9.17, 15) is 4.79 Å². The number of rotatable bonds is 5. The third-order valence-electron chi connectivity index (χ3n) is 5.73. The Balaban J connectivity index is 2.18. The van der Waals surface area contributed by atoms with Crippen LogP contribution in [0.2, 0.25) is 0 Å². The Kier molecular flexibility index (Phi) is 4.71. The predicted octanol–water partition coefficient (Wildman–Crippen LogP) is 4.99. The molecule has 0 heterocycles. The summed E-state index contributed by atoms with van der Waals surface area (Å²) in [6.07, 6.45) is 0. The Hall–Kier alpha value is -3.02. The molecule has 28 heavy (non-hydrogen) atoms. The predicted molar refractivity (Wildman–Crippen MR) is 122 cm³/mol. The summed E-state index contributed by atoms with van der Waals surface area (Å²) in [5.41, 5.74) is 0.939.